The topological polar surface area (TPSA) is 32.3 Å². The summed E-state index contributed by atoms with van der Waals surface area (Å²) in [7, 11) is 0. The molecule has 0 amide bonds. The van der Waals surface area contributed by atoms with Gasteiger partial charge >= 0.3 is 0 Å². The van der Waals surface area contributed by atoms with Crippen LogP contribution in [0.15, 0.2) is 0 Å². The van der Waals surface area contributed by atoms with Crippen LogP contribution in [-0.4, -0.2) is 24.8 Å². The molecule has 0 saturated carbocycles. The lowest BCUT2D eigenvalue weighted by molar-refractivity contribution is 0.292. The Morgan fingerprint density at radius 2 is 1.69 bits per heavy atom. The molecule has 0 saturated heterocycles. The summed E-state index contributed by atoms with van der Waals surface area (Å²) in [6.07, 6.45) is 6.67. The average Bonchev–Trinajstić information content (AvgIpc) is 2.09. The van der Waals surface area contributed by atoms with Gasteiger partial charge in [0.25, 0.3) is 0 Å². The van der Waals surface area contributed by atoms with Gasteiger partial charge in [0, 0.05) is 6.54 Å². The molecule has 0 radical (unpaired) electrons. The second-order valence-electron chi connectivity index (χ2n) is 4.07. The van der Waals surface area contributed by atoms with E-state index in [0.29, 0.717) is 0 Å². The molecule has 0 unspecified atom stereocenters. The SMILES string of the molecule is CC(C)CCCCCCNCCO. The fourth-order valence-electron chi connectivity index (χ4n) is 1.36. The van der Waals surface area contributed by atoms with Crippen molar-refractivity contribution in [1.82, 2.24) is 5.32 Å². The van der Waals surface area contributed by atoms with Gasteiger partial charge in [0.2, 0.25) is 0 Å². The highest BCUT2D eigenvalue weighted by Gasteiger charge is 1.94. The first-order valence-electron chi connectivity index (χ1n) is 5.59. The monoisotopic (exact) mass is 187 g/mol. The zero-order chi connectivity index (χ0) is 9.94. The molecule has 0 fully saturated rings. The van der Waals surface area contributed by atoms with Gasteiger partial charge < -0.3 is 10.4 Å². The van der Waals surface area contributed by atoms with E-state index < -0.39 is 0 Å². The van der Waals surface area contributed by atoms with Gasteiger partial charge in [-0.15, -0.1) is 0 Å². The van der Waals surface area contributed by atoms with Crippen molar-refractivity contribution in [2.45, 2.75) is 46.0 Å². The van der Waals surface area contributed by atoms with Crippen molar-refractivity contribution in [3.05, 3.63) is 0 Å². The van der Waals surface area contributed by atoms with Crippen molar-refractivity contribution in [1.29, 1.82) is 0 Å². The normalized spacial score (nSPS) is 11.1. The van der Waals surface area contributed by atoms with Crippen LogP contribution >= 0.6 is 0 Å². The summed E-state index contributed by atoms with van der Waals surface area (Å²) in [6.45, 7) is 6.62. The van der Waals surface area contributed by atoms with Gasteiger partial charge in [-0.3, -0.25) is 0 Å². The van der Waals surface area contributed by atoms with E-state index in [1.54, 1.807) is 0 Å². The van der Waals surface area contributed by atoms with Gasteiger partial charge in [-0.2, -0.15) is 0 Å². The Morgan fingerprint density at radius 3 is 2.31 bits per heavy atom. The molecule has 13 heavy (non-hydrogen) atoms. The van der Waals surface area contributed by atoms with E-state index in [4.69, 9.17) is 5.11 Å². The summed E-state index contributed by atoms with van der Waals surface area (Å²) in [4.78, 5) is 0. The highest BCUT2D eigenvalue weighted by Crippen LogP contribution is 2.08. The third-order valence-electron chi connectivity index (χ3n) is 2.17. The number of rotatable bonds is 9. The molecule has 2 nitrogen and oxygen atoms in total. The summed E-state index contributed by atoms with van der Waals surface area (Å²) < 4.78 is 0. The molecule has 2 N–H and O–H groups in total. The molecule has 0 aromatic rings. The van der Waals surface area contributed by atoms with Crippen LogP contribution in [0.4, 0.5) is 0 Å². The van der Waals surface area contributed by atoms with Crippen LogP contribution in [0, 0.1) is 5.92 Å². The van der Waals surface area contributed by atoms with Crippen LogP contribution in [-0.2, 0) is 0 Å². The first kappa shape index (κ1) is 12.9. The van der Waals surface area contributed by atoms with E-state index in [-0.39, 0.29) is 6.61 Å². The zero-order valence-corrected chi connectivity index (χ0v) is 9.18. The molecule has 2 heteroatoms. The molecule has 0 bridgehead atoms. The Morgan fingerprint density at radius 1 is 1.00 bits per heavy atom. The van der Waals surface area contributed by atoms with Gasteiger partial charge in [-0.05, 0) is 18.9 Å². The molecule has 0 aromatic carbocycles. The van der Waals surface area contributed by atoms with Crippen molar-refractivity contribution in [2.75, 3.05) is 19.7 Å². The van der Waals surface area contributed by atoms with Gasteiger partial charge in [-0.25, -0.2) is 0 Å². The first-order valence-corrected chi connectivity index (χ1v) is 5.59. The third kappa shape index (κ3) is 11.9. The number of hydrogen-bond acceptors (Lipinski definition) is 2. The summed E-state index contributed by atoms with van der Waals surface area (Å²) in [5.74, 6) is 0.854. The van der Waals surface area contributed by atoms with E-state index >= 15 is 0 Å². The minimum atomic E-state index is 0.257. The van der Waals surface area contributed by atoms with Crippen molar-refractivity contribution < 1.29 is 5.11 Å². The summed E-state index contributed by atoms with van der Waals surface area (Å²) >= 11 is 0. The number of hydrogen-bond donors (Lipinski definition) is 2. The Bertz CT molecular complexity index is 94.1. The molecule has 0 rings (SSSR count). The molecule has 0 aliphatic rings. The van der Waals surface area contributed by atoms with Gasteiger partial charge in [0.15, 0.2) is 0 Å². The highest BCUT2D eigenvalue weighted by molar-refractivity contribution is 4.50. The predicted molar refractivity (Wildman–Crippen MR) is 57.9 cm³/mol. The standard InChI is InChI=1S/C11H25NO/c1-11(2)7-5-3-4-6-8-12-9-10-13/h11-13H,3-10H2,1-2H3. The maximum Gasteiger partial charge on any atom is 0.0555 e. The molecule has 0 aliphatic heterocycles. The second kappa shape index (κ2) is 10.0. The minimum Gasteiger partial charge on any atom is -0.395 e. The van der Waals surface area contributed by atoms with Crippen LogP contribution in [0.3, 0.4) is 0 Å². The highest BCUT2D eigenvalue weighted by atomic mass is 16.3. The molecular formula is C11H25NO. The fourth-order valence-corrected chi connectivity index (χ4v) is 1.36. The van der Waals surface area contributed by atoms with Crippen LogP contribution in [0.25, 0.3) is 0 Å². The molecule has 0 aromatic heterocycles. The van der Waals surface area contributed by atoms with E-state index in [1.807, 2.05) is 0 Å². The van der Waals surface area contributed by atoms with Crippen molar-refractivity contribution in [3.8, 4) is 0 Å². The van der Waals surface area contributed by atoms with Crippen molar-refractivity contribution in [2.24, 2.45) is 5.92 Å². The number of nitrogens with one attached hydrogen (secondary N) is 1. The van der Waals surface area contributed by atoms with E-state index in [9.17, 15) is 0 Å². The van der Waals surface area contributed by atoms with Crippen LogP contribution in [0.5, 0.6) is 0 Å². The van der Waals surface area contributed by atoms with Crippen LogP contribution < -0.4 is 5.32 Å². The lowest BCUT2D eigenvalue weighted by atomic mass is 10.0. The average molecular weight is 187 g/mol. The van der Waals surface area contributed by atoms with Gasteiger partial charge in [-0.1, -0.05) is 39.5 Å². The first-order chi connectivity index (χ1) is 6.27. The molecular weight excluding hydrogens is 162 g/mol. The zero-order valence-electron chi connectivity index (χ0n) is 9.18. The van der Waals surface area contributed by atoms with Crippen LogP contribution in [0.1, 0.15) is 46.0 Å². The Hall–Kier alpha value is -0.0800. The van der Waals surface area contributed by atoms with Gasteiger partial charge in [0.05, 0.1) is 6.61 Å². The fraction of sp³-hybridized carbons (Fsp3) is 1.00. The maximum absolute atomic E-state index is 8.51. The quantitative estimate of drug-likeness (QED) is 0.542. The smallest absolute Gasteiger partial charge is 0.0555 e. The van der Waals surface area contributed by atoms with Crippen LogP contribution in [0.2, 0.25) is 0 Å². The largest absolute Gasteiger partial charge is 0.395 e. The molecule has 80 valence electrons. The summed E-state index contributed by atoms with van der Waals surface area (Å²) in [6, 6.07) is 0. The Balaban J connectivity index is 2.84. The van der Waals surface area contributed by atoms with E-state index in [0.717, 1.165) is 19.0 Å². The second-order valence-corrected chi connectivity index (χ2v) is 4.07. The number of unbranched alkanes of at least 4 members (excludes halogenated alkanes) is 3. The van der Waals surface area contributed by atoms with Gasteiger partial charge in [0.1, 0.15) is 0 Å². The lowest BCUT2D eigenvalue weighted by Crippen LogP contribution is -2.19. The molecule has 0 heterocycles. The Kier molecular flexibility index (Phi) is 9.94. The number of aliphatic hydroxyl groups excluding tert-OH is 1. The Labute approximate surface area is 82.7 Å². The third-order valence-corrected chi connectivity index (χ3v) is 2.17. The molecule has 0 spiro atoms. The molecule has 0 atom stereocenters. The maximum atomic E-state index is 8.51. The summed E-state index contributed by atoms with van der Waals surface area (Å²) in [5.41, 5.74) is 0. The minimum absolute atomic E-state index is 0.257. The predicted octanol–water partition coefficient (Wildman–Crippen LogP) is 2.17. The summed E-state index contributed by atoms with van der Waals surface area (Å²) in [5, 5.41) is 11.7. The lowest BCUT2D eigenvalue weighted by Gasteiger charge is -2.04. The van der Waals surface area contributed by atoms with E-state index in [2.05, 4.69) is 19.2 Å². The van der Waals surface area contributed by atoms with Crippen molar-refractivity contribution >= 4 is 0 Å². The van der Waals surface area contributed by atoms with E-state index in [1.165, 1.54) is 32.1 Å². The molecule has 0 aliphatic carbocycles. The number of aliphatic hydroxyl groups is 1. The van der Waals surface area contributed by atoms with Crippen molar-refractivity contribution in [3.63, 3.8) is 0 Å².